The second-order valence-electron chi connectivity index (χ2n) is 2.54. The summed E-state index contributed by atoms with van der Waals surface area (Å²) in [7, 11) is -1.44. The average molecular weight is 176 g/mol. The summed E-state index contributed by atoms with van der Waals surface area (Å²) in [4.78, 5) is 9.99. The van der Waals surface area contributed by atoms with Gasteiger partial charge < -0.3 is 10.0 Å². The molecule has 0 spiro atoms. The summed E-state index contributed by atoms with van der Waals surface area (Å²) in [5, 5.41) is 17.5. The lowest BCUT2D eigenvalue weighted by Crippen LogP contribution is -2.29. The van der Waals surface area contributed by atoms with Crippen LogP contribution in [0.1, 0.15) is 5.56 Å². The maximum atomic E-state index is 9.99. The molecule has 13 heavy (non-hydrogen) atoms. The molecule has 0 atom stereocenters. The Labute approximate surface area is 76.5 Å². The molecule has 0 bridgehead atoms. The molecule has 1 rings (SSSR count). The van der Waals surface area contributed by atoms with Crippen LogP contribution in [0.15, 0.2) is 30.3 Å². The minimum absolute atomic E-state index is 0.434. The van der Waals surface area contributed by atoms with Crippen LogP contribution in [0.25, 0.3) is 6.08 Å². The number of allylic oxidation sites excluding steroid dienone is 1. The molecule has 0 aromatic heterocycles. The van der Waals surface area contributed by atoms with Crippen molar-refractivity contribution in [1.82, 2.24) is 0 Å². The summed E-state index contributed by atoms with van der Waals surface area (Å²) in [6, 6.07) is 6.59. The van der Waals surface area contributed by atoms with E-state index >= 15 is 0 Å². The van der Waals surface area contributed by atoms with Gasteiger partial charge in [-0.2, -0.15) is 0 Å². The van der Waals surface area contributed by atoms with E-state index < -0.39 is 7.12 Å². The first-order valence-corrected chi connectivity index (χ1v) is 3.82. The summed E-state index contributed by atoms with van der Waals surface area (Å²) in [5.41, 5.74) is 1.28. The monoisotopic (exact) mass is 176 g/mol. The first-order chi connectivity index (χ1) is 6.24. The molecule has 3 nitrogen and oxygen atoms in total. The van der Waals surface area contributed by atoms with E-state index in [9.17, 15) is 4.79 Å². The van der Waals surface area contributed by atoms with E-state index in [2.05, 4.69) is 0 Å². The predicted octanol–water partition coefficient (Wildman–Crippen LogP) is -0.421. The molecule has 2 N–H and O–H groups in total. The van der Waals surface area contributed by atoms with Crippen LogP contribution < -0.4 is 5.46 Å². The summed E-state index contributed by atoms with van der Waals surface area (Å²) >= 11 is 0. The highest BCUT2D eigenvalue weighted by Gasteiger charge is 2.08. The quantitative estimate of drug-likeness (QED) is 0.373. The molecule has 0 saturated heterocycles. The number of carbonyl (C=O) groups is 1. The van der Waals surface area contributed by atoms with Gasteiger partial charge in [-0.1, -0.05) is 30.3 Å². The molecule has 0 heterocycles. The first-order valence-electron chi connectivity index (χ1n) is 3.82. The van der Waals surface area contributed by atoms with Crippen molar-refractivity contribution in [2.24, 2.45) is 0 Å². The highest BCUT2D eigenvalue weighted by molar-refractivity contribution is 6.58. The Kier molecular flexibility index (Phi) is 3.43. The Morgan fingerprint density at radius 3 is 2.23 bits per heavy atom. The molecule has 0 aliphatic rings. The second kappa shape index (κ2) is 4.59. The van der Waals surface area contributed by atoms with Crippen LogP contribution in [0.2, 0.25) is 0 Å². The van der Waals surface area contributed by atoms with Crippen molar-refractivity contribution >= 4 is 24.9 Å². The number of rotatable bonds is 3. The number of aldehydes is 1. The Morgan fingerprint density at radius 2 is 1.77 bits per heavy atom. The van der Waals surface area contributed by atoms with E-state index in [0.717, 1.165) is 5.56 Å². The van der Waals surface area contributed by atoms with Crippen molar-refractivity contribution in [1.29, 1.82) is 0 Å². The van der Waals surface area contributed by atoms with E-state index in [-0.39, 0.29) is 0 Å². The van der Waals surface area contributed by atoms with Gasteiger partial charge in [0, 0.05) is 0 Å². The number of benzene rings is 1. The zero-order valence-corrected chi connectivity index (χ0v) is 6.92. The van der Waals surface area contributed by atoms with Gasteiger partial charge in [0.05, 0.1) is 0 Å². The zero-order valence-electron chi connectivity index (χ0n) is 6.92. The second-order valence-corrected chi connectivity index (χ2v) is 2.54. The lowest BCUT2D eigenvalue weighted by molar-refractivity contribution is -0.104. The van der Waals surface area contributed by atoms with Gasteiger partial charge in [-0.25, -0.2) is 0 Å². The summed E-state index contributed by atoms with van der Waals surface area (Å²) in [6.07, 6.45) is 3.71. The maximum Gasteiger partial charge on any atom is 0.488 e. The molecule has 4 heteroatoms. The van der Waals surface area contributed by atoms with Crippen molar-refractivity contribution < 1.29 is 14.8 Å². The van der Waals surface area contributed by atoms with Gasteiger partial charge in [0.25, 0.3) is 0 Å². The van der Waals surface area contributed by atoms with Gasteiger partial charge in [-0.15, -0.1) is 0 Å². The fourth-order valence-corrected chi connectivity index (χ4v) is 0.930. The molecule has 0 aliphatic carbocycles. The normalized spacial score (nSPS) is 10.3. The highest BCUT2D eigenvalue weighted by atomic mass is 16.4. The molecule has 1 aromatic carbocycles. The molecule has 0 radical (unpaired) electrons. The molecule has 0 aliphatic heterocycles. The zero-order chi connectivity index (χ0) is 9.68. The van der Waals surface area contributed by atoms with Crippen molar-refractivity contribution in [3.63, 3.8) is 0 Å². The van der Waals surface area contributed by atoms with Crippen LogP contribution >= 0.6 is 0 Å². The molecular weight excluding hydrogens is 167 g/mol. The Bertz CT molecular complexity index is 303. The van der Waals surface area contributed by atoms with Gasteiger partial charge >= 0.3 is 7.12 Å². The minimum Gasteiger partial charge on any atom is -0.423 e. The van der Waals surface area contributed by atoms with E-state index in [0.29, 0.717) is 11.7 Å². The summed E-state index contributed by atoms with van der Waals surface area (Å²) in [6.45, 7) is 0. The van der Waals surface area contributed by atoms with E-state index in [1.165, 1.54) is 6.08 Å². The Morgan fingerprint density at radius 1 is 1.15 bits per heavy atom. The van der Waals surface area contributed by atoms with Crippen LogP contribution in [0, 0.1) is 0 Å². The van der Waals surface area contributed by atoms with Gasteiger partial charge in [0.1, 0.15) is 6.29 Å². The van der Waals surface area contributed by atoms with E-state index in [1.54, 1.807) is 30.3 Å². The lowest BCUT2D eigenvalue weighted by atomic mass is 9.80. The maximum absolute atomic E-state index is 9.99. The van der Waals surface area contributed by atoms with Crippen LogP contribution in [0.5, 0.6) is 0 Å². The van der Waals surface area contributed by atoms with Crippen molar-refractivity contribution in [2.75, 3.05) is 0 Å². The Balaban J connectivity index is 2.81. The summed E-state index contributed by atoms with van der Waals surface area (Å²) in [5.74, 6) is 0. The predicted molar refractivity (Wildman–Crippen MR) is 51.4 cm³/mol. The molecule has 0 saturated carbocycles. The summed E-state index contributed by atoms with van der Waals surface area (Å²) < 4.78 is 0. The first kappa shape index (κ1) is 9.70. The van der Waals surface area contributed by atoms with Crippen molar-refractivity contribution in [3.8, 4) is 0 Å². The minimum atomic E-state index is -1.44. The third kappa shape index (κ3) is 2.85. The molecule has 0 fully saturated rings. The SMILES string of the molecule is O=C/C=C/c1ccc(B(O)O)cc1. The van der Waals surface area contributed by atoms with Crippen molar-refractivity contribution in [2.45, 2.75) is 0 Å². The van der Waals surface area contributed by atoms with Gasteiger partial charge in [-0.3, -0.25) is 4.79 Å². The van der Waals surface area contributed by atoms with Gasteiger partial charge in [-0.05, 0) is 17.1 Å². The molecule has 0 amide bonds. The largest absolute Gasteiger partial charge is 0.488 e. The molecular formula is C9H9BO3. The fourth-order valence-electron chi connectivity index (χ4n) is 0.930. The van der Waals surface area contributed by atoms with Crippen LogP contribution in [-0.4, -0.2) is 23.5 Å². The standard InChI is InChI=1S/C9H9BO3/c11-7-1-2-8-3-5-9(6-4-8)10(12)13/h1-7,12-13H/b2-1+. The topological polar surface area (TPSA) is 57.5 Å². The lowest BCUT2D eigenvalue weighted by Gasteiger charge is -1.98. The van der Waals surface area contributed by atoms with Gasteiger partial charge in [0.2, 0.25) is 0 Å². The van der Waals surface area contributed by atoms with E-state index in [4.69, 9.17) is 10.0 Å². The number of hydrogen-bond acceptors (Lipinski definition) is 3. The molecule has 66 valence electrons. The highest BCUT2D eigenvalue weighted by Crippen LogP contribution is 1.99. The smallest absolute Gasteiger partial charge is 0.423 e. The number of hydrogen-bond donors (Lipinski definition) is 2. The molecule has 1 aromatic rings. The average Bonchev–Trinajstić information content (AvgIpc) is 2.15. The fraction of sp³-hybridized carbons (Fsp3) is 0. The molecule has 0 unspecified atom stereocenters. The third-order valence-corrected chi connectivity index (χ3v) is 1.60. The van der Waals surface area contributed by atoms with Crippen LogP contribution in [0.3, 0.4) is 0 Å². The van der Waals surface area contributed by atoms with Crippen LogP contribution in [-0.2, 0) is 4.79 Å². The van der Waals surface area contributed by atoms with Crippen molar-refractivity contribution in [3.05, 3.63) is 35.9 Å². The number of carbonyl (C=O) groups excluding carboxylic acids is 1. The third-order valence-electron chi connectivity index (χ3n) is 1.60. The van der Waals surface area contributed by atoms with E-state index in [1.807, 2.05) is 0 Å². The Hall–Kier alpha value is -1.39. The van der Waals surface area contributed by atoms with Crippen LogP contribution in [0.4, 0.5) is 0 Å². The van der Waals surface area contributed by atoms with Gasteiger partial charge in [0.15, 0.2) is 0 Å².